The molecule has 4 heteroatoms. The lowest BCUT2D eigenvalue weighted by Crippen LogP contribution is -2.24. The van der Waals surface area contributed by atoms with Crippen molar-refractivity contribution < 1.29 is 9.90 Å². The topological polar surface area (TPSA) is 52.5 Å². The third-order valence-corrected chi connectivity index (χ3v) is 4.24. The summed E-state index contributed by atoms with van der Waals surface area (Å²) < 4.78 is 0. The van der Waals surface area contributed by atoms with Gasteiger partial charge in [-0.1, -0.05) is 25.3 Å². The highest BCUT2D eigenvalue weighted by atomic mass is 32.1. The monoisotopic (exact) mass is 290 g/mol. The first-order valence-corrected chi connectivity index (χ1v) is 7.58. The molecule has 20 heavy (non-hydrogen) atoms. The van der Waals surface area contributed by atoms with Gasteiger partial charge >= 0.3 is 0 Å². The van der Waals surface area contributed by atoms with Gasteiger partial charge in [-0.25, -0.2) is 0 Å². The number of aliphatic carboxylic acids is 1. The Labute approximate surface area is 125 Å². The molecule has 1 aliphatic carbocycles. The average Bonchev–Trinajstić information content (AvgIpc) is 2.42. The molecule has 108 valence electrons. The Morgan fingerprint density at radius 2 is 2.05 bits per heavy atom. The van der Waals surface area contributed by atoms with Crippen LogP contribution < -0.4 is 5.11 Å². The van der Waals surface area contributed by atoms with Gasteiger partial charge in [0.05, 0.1) is 5.69 Å². The molecule has 0 amide bonds. The summed E-state index contributed by atoms with van der Waals surface area (Å²) in [6.45, 7) is 2.08. The molecule has 0 aromatic heterocycles. The van der Waals surface area contributed by atoms with Crippen molar-refractivity contribution in [3.63, 3.8) is 0 Å². The minimum absolute atomic E-state index is 0.0842. The molecule has 1 fully saturated rings. The summed E-state index contributed by atoms with van der Waals surface area (Å²) in [7, 11) is 0. The maximum absolute atomic E-state index is 10.6. The molecule has 0 heterocycles. The minimum atomic E-state index is -1.08. The molecule has 3 nitrogen and oxygen atoms in total. The van der Waals surface area contributed by atoms with Gasteiger partial charge in [0.1, 0.15) is 0 Å². The molecule has 0 bridgehead atoms. The van der Waals surface area contributed by atoms with Gasteiger partial charge in [0.2, 0.25) is 0 Å². The predicted octanol–water partition coefficient (Wildman–Crippen LogP) is 2.94. The average molecular weight is 290 g/mol. The molecule has 0 radical (unpaired) electrons. The lowest BCUT2D eigenvalue weighted by Gasteiger charge is -2.21. The third kappa shape index (κ3) is 4.10. The summed E-state index contributed by atoms with van der Waals surface area (Å²) in [5, 5.41) is 10.6. The van der Waals surface area contributed by atoms with Gasteiger partial charge in [-0.15, -0.1) is 12.6 Å². The van der Waals surface area contributed by atoms with Gasteiger partial charge in [-0.3, -0.25) is 4.99 Å². The summed E-state index contributed by atoms with van der Waals surface area (Å²) in [4.78, 5) is 16.0. The van der Waals surface area contributed by atoms with E-state index in [9.17, 15) is 9.90 Å². The second kappa shape index (κ2) is 6.93. The SMILES string of the molecule is CC(=Nc1ccc(CC(=O)[O-])cc1S)C1CCCCC1. The zero-order valence-corrected chi connectivity index (χ0v) is 12.7. The lowest BCUT2D eigenvalue weighted by molar-refractivity contribution is -0.304. The molecule has 0 saturated heterocycles. The van der Waals surface area contributed by atoms with Crippen LogP contribution in [0.15, 0.2) is 28.1 Å². The molecule has 1 aromatic carbocycles. The molecule has 0 N–H and O–H groups in total. The Balaban J connectivity index is 2.13. The van der Waals surface area contributed by atoms with Crippen molar-refractivity contribution in [2.45, 2.75) is 50.3 Å². The van der Waals surface area contributed by atoms with E-state index in [0.717, 1.165) is 16.3 Å². The van der Waals surface area contributed by atoms with Crippen LogP contribution >= 0.6 is 12.6 Å². The second-order valence-corrected chi connectivity index (χ2v) is 5.94. The molecule has 0 unspecified atom stereocenters. The zero-order chi connectivity index (χ0) is 14.5. The van der Waals surface area contributed by atoms with E-state index >= 15 is 0 Å². The number of thiol groups is 1. The summed E-state index contributed by atoms with van der Waals surface area (Å²) in [6.07, 6.45) is 6.27. The number of carboxylic acid groups (broad SMARTS) is 1. The smallest absolute Gasteiger partial charge is 0.0762 e. The van der Waals surface area contributed by atoms with Gasteiger partial charge in [0.15, 0.2) is 0 Å². The van der Waals surface area contributed by atoms with Crippen molar-refractivity contribution in [2.75, 3.05) is 0 Å². The fraction of sp³-hybridized carbons (Fsp3) is 0.500. The van der Waals surface area contributed by atoms with Gasteiger partial charge < -0.3 is 9.90 Å². The van der Waals surface area contributed by atoms with Gasteiger partial charge in [-0.2, -0.15) is 0 Å². The van der Waals surface area contributed by atoms with Crippen molar-refractivity contribution in [3.8, 4) is 0 Å². The molecule has 1 saturated carbocycles. The highest BCUT2D eigenvalue weighted by Gasteiger charge is 2.16. The third-order valence-electron chi connectivity index (χ3n) is 3.88. The van der Waals surface area contributed by atoms with Gasteiger partial charge in [-0.05, 0) is 43.4 Å². The van der Waals surface area contributed by atoms with Gasteiger partial charge in [0, 0.05) is 23.0 Å². The number of hydrogen-bond acceptors (Lipinski definition) is 4. The molecule has 0 atom stereocenters. The summed E-state index contributed by atoms with van der Waals surface area (Å²) in [5.41, 5.74) is 2.68. The number of carbonyl (C=O) groups excluding carboxylic acids is 1. The number of benzene rings is 1. The number of aliphatic imine (C=N–C) groups is 1. The predicted molar refractivity (Wildman–Crippen MR) is 81.7 cm³/mol. The fourth-order valence-corrected chi connectivity index (χ4v) is 3.03. The Morgan fingerprint density at radius 3 is 2.65 bits per heavy atom. The Morgan fingerprint density at radius 1 is 1.35 bits per heavy atom. The van der Waals surface area contributed by atoms with E-state index < -0.39 is 5.97 Å². The van der Waals surface area contributed by atoms with E-state index in [-0.39, 0.29) is 6.42 Å². The van der Waals surface area contributed by atoms with Crippen LogP contribution in [0.25, 0.3) is 0 Å². The van der Waals surface area contributed by atoms with Gasteiger partial charge in [0.25, 0.3) is 0 Å². The number of nitrogens with zero attached hydrogens (tertiary/aromatic N) is 1. The number of carboxylic acids is 1. The maximum Gasteiger partial charge on any atom is 0.0762 e. The van der Waals surface area contributed by atoms with E-state index in [1.54, 1.807) is 12.1 Å². The normalized spacial score (nSPS) is 17.2. The molecule has 1 aromatic rings. The molecular weight excluding hydrogens is 270 g/mol. The lowest BCUT2D eigenvalue weighted by atomic mass is 9.86. The van der Waals surface area contributed by atoms with E-state index in [2.05, 4.69) is 24.5 Å². The number of rotatable bonds is 4. The molecule has 0 aliphatic heterocycles. The Bertz CT molecular complexity index is 519. The fourth-order valence-electron chi connectivity index (χ4n) is 2.74. The molecule has 2 rings (SSSR count). The first kappa shape index (κ1) is 15.1. The first-order valence-electron chi connectivity index (χ1n) is 7.13. The highest BCUT2D eigenvalue weighted by Crippen LogP contribution is 2.29. The number of hydrogen-bond donors (Lipinski definition) is 1. The maximum atomic E-state index is 10.6. The summed E-state index contributed by atoms with van der Waals surface area (Å²) in [5.74, 6) is -0.494. The molecule has 1 aliphatic rings. The summed E-state index contributed by atoms with van der Waals surface area (Å²) in [6, 6.07) is 5.38. The van der Waals surface area contributed by atoms with Crippen molar-refractivity contribution >= 4 is 30.0 Å². The first-order chi connectivity index (χ1) is 9.56. The summed E-state index contributed by atoms with van der Waals surface area (Å²) >= 11 is 4.41. The van der Waals surface area contributed by atoms with Crippen molar-refractivity contribution in [1.29, 1.82) is 0 Å². The van der Waals surface area contributed by atoms with E-state index in [4.69, 9.17) is 0 Å². The van der Waals surface area contributed by atoms with Crippen LogP contribution in [0.1, 0.15) is 44.6 Å². The highest BCUT2D eigenvalue weighted by molar-refractivity contribution is 7.80. The standard InChI is InChI=1S/C16H21NO2S/c1-11(13-5-3-2-4-6-13)17-14-8-7-12(9-15(14)20)10-16(18)19/h7-9,13,20H,2-6,10H2,1H3,(H,18,19)/p-1. The number of carbonyl (C=O) groups is 1. The van der Waals surface area contributed by atoms with Crippen LogP contribution in [0.4, 0.5) is 5.69 Å². The van der Waals surface area contributed by atoms with E-state index in [1.807, 2.05) is 6.07 Å². The van der Waals surface area contributed by atoms with Crippen molar-refractivity contribution in [3.05, 3.63) is 23.8 Å². The van der Waals surface area contributed by atoms with E-state index in [0.29, 0.717) is 11.5 Å². The molecule has 0 spiro atoms. The van der Waals surface area contributed by atoms with Crippen molar-refractivity contribution in [2.24, 2.45) is 10.9 Å². The van der Waals surface area contributed by atoms with Crippen LogP contribution in [0.3, 0.4) is 0 Å². The van der Waals surface area contributed by atoms with Crippen LogP contribution in [-0.2, 0) is 11.2 Å². The van der Waals surface area contributed by atoms with Crippen LogP contribution in [0.2, 0.25) is 0 Å². The van der Waals surface area contributed by atoms with Crippen LogP contribution in [0.5, 0.6) is 0 Å². The van der Waals surface area contributed by atoms with Crippen LogP contribution in [0, 0.1) is 5.92 Å². The Kier molecular flexibility index (Phi) is 5.24. The second-order valence-electron chi connectivity index (χ2n) is 5.46. The molecular formula is C16H20NO2S-. The minimum Gasteiger partial charge on any atom is -0.550 e. The van der Waals surface area contributed by atoms with Crippen LogP contribution in [-0.4, -0.2) is 11.7 Å². The van der Waals surface area contributed by atoms with E-state index in [1.165, 1.54) is 32.1 Å². The van der Waals surface area contributed by atoms with Crippen molar-refractivity contribution in [1.82, 2.24) is 0 Å². The Hall–Kier alpha value is -1.29. The largest absolute Gasteiger partial charge is 0.550 e. The zero-order valence-electron chi connectivity index (χ0n) is 11.8. The quantitative estimate of drug-likeness (QED) is 0.684.